The zero-order chi connectivity index (χ0) is 7.56. The van der Waals surface area contributed by atoms with E-state index in [9.17, 15) is 4.79 Å². The van der Waals surface area contributed by atoms with Crippen LogP contribution in [0.25, 0.3) is 0 Å². The lowest BCUT2D eigenvalue weighted by molar-refractivity contribution is -0.0000102. The maximum absolute atomic E-state index is 10.6. The number of rotatable bonds is 1. The Hall–Kier alpha value is -0.540. The normalized spacial score (nSPS) is 8.45. The van der Waals surface area contributed by atoms with Gasteiger partial charge in [0.1, 0.15) is 0 Å². The van der Waals surface area contributed by atoms with E-state index in [1.807, 2.05) is 6.07 Å². The number of primary amides is 1. The number of hydrogen-bond donors (Lipinski definition) is 1. The molecule has 1 rings (SSSR count). The minimum absolute atomic E-state index is 0. The number of halogens is 2. The average Bonchev–Trinajstić information content (AvgIpc) is 1.88. The van der Waals surface area contributed by atoms with Gasteiger partial charge in [-0.2, -0.15) is 0 Å². The number of nitrogens with two attached hydrogens (primary N) is 1. The SMILES string of the molecule is NC(=O)c1ccccc1Br.[Cl-].[H+]. The van der Waals surface area contributed by atoms with E-state index in [1.165, 1.54) is 0 Å². The van der Waals surface area contributed by atoms with E-state index in [1.54, 1.807) is 18.2 Å². The van der Waals surface area contributed by atoms with Crippen molar-refractivity contribution in [2.75, 3.05) is 0 Å². The van der Waals surface area contributed by atoms with Crippen LogP contribution < -0.4 is 18.1 Å². The van der Waals surface area contributed by atoms with Crippen molar-refractivity contribution in [3.63, 3.8) is 0 Å². The third-order valence-corrected chi connectivity index (χ3v) is 1.83. The first kappa shape index (κ1) is 10.5. The summed E-state index contributed by atoms with van der Waals surface area (Å²) in [5, 5.41) is 0. The fourth-order valence-electron chi connectivity index (χ4n) is 0.661. The van der Waals surface area contributed by atoms with E-state index >= 15 is 0 Å². The summed E-state index contributed by atoms with van der Waals surface area (Å²) in [5.41, 5.74) is 5.56. The molecule has 60 valence electrons. The minimum atomic E-state index is -0.410. The third-order valence-electron chi connectivity index (χ3n) is 1.14. The zero-order valence-corrected chi connectivity index (χ0v) is 7.89. The molecule has 0 saturated heterocycles. The van der Waals surface area contributed by atoms with Crippen LogP contribution in [0.5, 0.6) is 0 Å². The van der Waals surface area contributed by atoms with Gasteiger partial charge in [0, 0.05) is 4.47 Å². The fraction of sp³-hybridized carbons (Fsp3) is 0. The minimum Gasteiger partial charge on any atom is -1.00 e. The van der Waals surface area contributed by atoms with E-state index in [0.717, 1.165) is 4.47 Å². The number of hydrogen-bond acceptors (Lipinski definition) is 1. The number of carbonyl (C=O) groups excluding carboxylic acids is 1. The second-order valence-electron chi connectivity index (χ2n) is 1.84. The van der Waals surface area contributed by atoms with Gasteiger partial charge in [-0.25, -0.2) is 0 Å². The Kier molecular flexibility index (Phi) is 4.15. The van der Waals surface area contributed by atoms with Crippen LogP contribution in [0.1, 0.15) is 11.8 Å². The molecule has 11 heavy (non-hydrogen) atoms. The molecule has 4 heteroatoms. The van der Waals surface area contributed by atoms with Crippen LogP contribution >= 0.6 is 15.9 Å². The highest BCUT2D eigenvalue weighted by Crippen LogP contribution is 2.14. The quantitative estimate of drug-likeness (QED) is 0.645. The molecule has 0 spiro atoms. The predicted octanol–water partition coefficient (Wildman–Crippen LogP) is -1.34. The Morgan fingerprint density at radius 3 is 2.36 bits per heavy atom. The summed E-state index contributed by atoms with van der Waals surface area (Å²) < 4.78 is 0.738. The van der Waals surface area contributed by atoms with Crippen LogP contribution in [0.4, 0.5) is 0 Å². The molecule has 0 unspecified atom stereocenters. The molecular formula is C7H7BrClNO. The van der Waals surface area contributed by atoms with Gasteiger partial charge < -0.3 is 18.1 Å². The first-order chi connectivity index (χ1) is 4.72. The van der Waals surface area contributed by atoms with Gasteiger partial charge in [0.15, 0.2) is 0 Å². The standard InChI is InChI=1S/C7H6BrNO.ClH/c8-6-4-2-1-3-5(6)7(9)10;/h1-4H,(H2,9,10);1H. The molecule has 0 aliphatic carbocycles. The van der Waals surface area contributed by atoms with Crippen molar-refractivity contribution in [1.29, 1.82) is 0 Å². The second kappa shape index (κ2) is 4.36. The number of amides is 1. The monoisotopic (exact) mass is 235 g/mol. The molecule has 0 aliphatic heterocycles. The van der Waals surface area contributed by atoms with E-state index in [0.29, 0.717) is 5.56 Å². The summed E-state index contributed by atoms with van der Waals surface area (Å²) in [7, 11) is 0. The lowest BCUT2D eigenvalue weighted by Gasteiger charge is -1.95. The van der Waals surface area contributed by atoms with Crippen molar-refractivity contribution in [2.24, 2.45) is 5.73 Å². The maximum Gasteiger partial charge on any atom is 1.00 e. The maximum atomic E-state index is 10.6. The second-order valence-corrected chi connectivity index (χ2v) is 2.70. The molecule has 0 aliphatic rings. The highest BCUT2D eigenvalue weighted by Gasteiger charge is 2.02. The van der Waals surface area contributed by atoms with Crippen LogP contribution in [-0.4, -0.2) is 5.91 Å². The summed E-state index contributed by atoms with van der Waals surface area (Å²) in [6, 6.07) is 7.05. The summed E-state index contributed by atoms with van der Waals surface area (Å²) in [6.45, 7) is 0. The van der Waals surface area contributed by atoms with Crippen LogP contribution in [-0.2, 0) is 0 Å². The van der Waals surface area contributed by atoms with Crippen LogP contribution in [0.3, 0.4) is 0 Å². The molecule has 0 saturated carbocycles. The predicted molar refractivity (Wildman–Crippen MR) is 43.8 cm³/mol. The van der Waals surface area contributed by atoms with Crippen LogP contribution in [0.15, 0.2) is 28.7 Å². The molecule has 1 aromatic rings. The zero-order valence-electron chi connectivity index (χ0n) is 6.55. The molecule has 0 atom stereocenters. The van der Waals surface area contributed by atoms with Gasteiger partial charge in [-0.1, -0.05) is 12.1 Å². The van der Waals surface area contributed by atoms with Gasteiger partial charge in [-0.3, -0.25) is 4.79 Å². The Labute approximate surface area is 80.8 Å². The van der Waals surface area contributed by atoms with E-state index in [2.05, 4.69) is 15.9 Å². The van der Waals surface area contributed by atoms with Crippen molar-refractivity contribution in [3.05, 3.63) is 34.3 Å². The van der Waals surface area contributed by atoms with Crippen molar-refractivity contribution < 1.29 is 18.6 Å². The van der Waals surface area contributed by atoms with Crippen LogP contribution in [0.2, 0.25) is 0 Å². The Bertz CT molecular complexity index is 269. The number of benzene rings is 1. The van der Waals surface area contributed by atoms with Gasteiger partial charge in [0.2, 0.25) is 5.91 Å². The summed E-state index contributed by atoms with van der Waals surface area (Å²) in [4.78, 5) is 10.6. The molecular weight excluding hydrogens is 229 g/mol. The molecule has 0 bridgehead atoms. The molecule has 0 fully saturated rings. The van der Waals surface area contributed by atoms with Crippen molar-refractivity contribution in [1.82, 2.24) is 0 Å². The van der Waals surface area contributed by atoms with E-state index in [4.69, 9.17) is 5.73 Å². The smallest absolute Gasteiger partial charge is 1.00 e. The summed E-state index contributed by atoms with van der Waals surface area (Å²) in [5.74, 6) is -0.410. The lowest BCUT2D eigenvalue weighted by atomic mass is 10.2. The van der Waals surface area contributed by atoms with Crippen molar-refractivity contribution in [3.8, 4) is 0 Å². The number of carbonyl (C=O) groups is 1. The fourth-order valence-corrected chi connectivity index (χ4v) is 1.14. The molecule has 1 amide bonds. The lowest BCUT2D eigenvalue weighted by Crippen LogP contribution is -3.00. The van der Waals surface area contributed by atoms with Crippen LogP contribution in [0, 0.1) is 0 Å². The van der Waals surface area contributed by atoms with Gasteiger partial charge >= 0.3 is 1.43 Å². The highest BCUT2D eigenvalue weighted by atomic mass is 79.9. The van der Waals surface area contributed by atoms with Gasteiger partial charge in [-0.15, -0.1) is 0 Å². The molecule has 0 radical (unpaired) electrons. The third kappa shape index (κ3) is 2.52. The van der Waals surface area contributed by atoms with E-state index < -0.39 is 5.91 Å². The van der Waals surface area contributed by atoms with E-state index in [-0.39, 0.29) is 13.8 Å². The van der Waals surface area contributed by atoms with Gasteiger partial charge in [0.25, 0.3) is 0 Å². The highest BCUT2D eigenvalue weighted by molar-refractivity contribution is 9.10. The Morgan fingerprint density at radius 2 is 2.00 bits per heavy atom. The molecule has 1 aromatic carbocycles. The molecule has 0 heterocycles. The Morgan fingerprint density at radius 1 is 1.45 bits per heavy atom. The van der Waals surface area contributed by atoms with Crippen molar-refractivity contribution in [2.45, 2.75) is 0 Å². The molecule has 0 aromatic heterocycles. The topological polar surface area (TPSA) is 43.1 Å². The van der Waals surface area contributed by atoms with Gasteiger partial charge in [0.05, 0.1) is 5.56 Å². The largest absolute Gasteiger partial charge is 1.00 e. The summed E-state index contributed by atoms with van der Waals surface area (Å²) in [6.07, 6.45) is 0. The Balaban J connectivity index is 0. The molecule has 2 nitrogen and oxygen atoms in total. The first-order valence-corrected chi connectivity index (χ1v) is 3.55. The average molecular weight is 236 g/mol. The van der Waals surface area contributed by atoms with Gasteiger partial charge in [-0.05, 0) is 28.1 Å². The summed E-state index contributed by atoms with van der Waals surface area (Å²) >= 11 is 3.20. The van der Waals surface area contributed by atoms with Crippen molar-refractivity contribution >= 4 is 21.8 Å². The first-order valence-electron chi connectivity index (χ1n) is 2.76. The molecule has 2 N–H and O–H groups in total.